The molecule has 1 aromatic carbocycles. The predicted molar refractivity (Wildman–Crippen MR) is 83.8 cm³/mol. The molecule has 2 rings (SSSR count). The zero-order valence-corrected chi connectivity index (χ0v) is 12.3. The van der Waals surface area contributed by atoms with Gasteiger partial charge in [0, 0.05) is 25.1 Å². The van der Waals surface area contributed by atoms with Gasteiger partial charge in [-0.2, -0.15) is 5.10 Å². The van der Waals surface area contributed by atoms with E-state index >= 15 is 0 Å². The predicted octanol–water partition coefficient (Wildman–Crippen LogP) is 2.71. The molecule has 5 nitrogen and oxygen atoms in total. The second kappa shape index (κ2) is 7.59. The number of anilines is 1. The molecule has 21 heavy (non-hydrogen) atoms. The molecule has 0 aliphatic carbocycles. The number of unbranched alkanes of at least 4 members (excludes halogenated alkanes) is 1. The van der Waals surface area contributed by atoms with Crippen molar-refractivity contribution >= 4 is 11.7 Å². The quantitative estimate of drug-likeness (QED) is 0.822. The molecule has 112 valence electrons. The van der Waals surface area contributed by atoms with Crippen molar-refractivity contribution in [2.75, 3.05) is 5.32 Å². The SMILES string of the molecule is CCCCn1nccc1NC(=O)CC(N)c1ccccc1. The first-order valence-electron chi connectivity index (χ1n) is 7.33. The summed E-state index contributed by atoms with van der Waals surface area (Å²) in [4.78, 5) is 12.1. The highest BCUT2D eigenvalue weighted by atomic mass is 16.1. The first-order chi connectivity index (χ1) is 10.2. The summed E-state index contributed by atoms with van der Waals surface area (Å²) >= 11 is 0. The number of benzene rings is 1. The Hall–Kier alpha value is -2.14. The number of aryl methyl sites for hydroxylation is 1. The number of aromatic nitrogens is 2. The average Bonchev–Trinajstić information content (AvgIpc) is 2.93. The minimum atomic E-state index is -0.293. The largest absolute Gasteiger partial charge is 0.324 e. The second-order valence-electron chi connectivity index (χ2n) is 5.06. The molecule has 0 bridgehead atoms. The molecule has 1 aromatic heterocycles. The van der Waals surface area contributed by atoms with Crippen LogP contribution in [0.2, 0.25) is 0 Å². The first kappa shape index (κ1) is 15.3. The summed E-state index contributed by atoms with van der Waals surface area (Å²) in [5.41, 5.74) is 7.02. The van der Waals surface area contributed by atoms with Crippen molar-refractivity contribution in [2.24, 2.45) is 5.73 Å². The fourth-order valence-electron chi connectivity index (χ4n) is 2.14. The van der Waals surface area contributed by atoms with Gasteiger partial charge >= 0.3 is 0 Å². The summed E-state index contributed by atoms with van der Waals surface area (Å²) in [6, 6.07) is 11.2. The van der Waals surface area contributed by atoms with E-state index in [0.29, 0.717) is 0 Å². The average molecular weight is 286 g/mol. The van der Waals surface area contributed by atoms with Gasteiger partial charge < -0.3 is 11.1 Å². The van der Waals surface area contributed by atoms with Crippen LogP contribution in [0.25, 0.3) is 0 Å². The van der Waals surface area contributed by atoms with E-state index in [0.717, 1.165) is 30.8 Å². The molecule has 0 aliphatic heterocycles. The van der Waals surface area contributed by atoms with E-state index in [-0.39, 0.29) is 18.4 Å². The van der Waals surface area contributed by atoms with Gasteiger partial charge in [-0.05, 0) is 12.0 Å². The van der Waals surface area contributed by atoms with Crippen LogP contribution < -0.4 is 11.1 Å². The fraction of sp³-hybridized carbons (Fsp3) is 0.375. The van der Waals surface area contributed by atoms with Gasteiger partial charge in [0.05, 0.1) is 6.20 Å². The highest BCUT2D eigenvalue weighted by molar-refractivity contribution is 5.90. The van der Waals surface area contributed by atoms with Crippen molar-refractivity contribution < 1.29 is 4.79 Å². The zero-order chi connectivity index (χ0) is 15.1. The third kappa shape index (κ3) is 4.43. The van der Waals surface area contributed by atoms with Gasteiger partial charge in [-0.1, -0.05) is 43.7 Å². The van der Waals surface area contributed by atoms with E-state index in [1.54, 1.807) is 6.20 Å². The Labute approximate surface area is 125 Å². The topological polar surface area (TPSA) is 72.9 Å². The Bertz CT molecular complexity index is 565. The third-order valence-electron chi connectivity index (χ3n) is 3.34. The van der Waals surface area contributed by atoms with Crippen molar-refractivity contribution in [3.05, 3.63) is 48.2 Å². The molecule has 0 saturated heterocycles. The molecule has 5 heteroatoms. The van der Waals surface area contributed by atoms with Gasteiger partial charge in [0.15, 0.2) is 0 Å². The minimum Gasteiger partial charge on any atom is -0.324 e. The van der Waals surface area contributed by atoms with E-state index in [9.17, 15) is 4.79 Å². The molecule has 0 spiro atoms. The smallest absolute Gasteiger partial charge is 0.227 e. The van der Waals surface area contributed by atoms with Crippen molar-refractivity contribution in [3.63, 3.8) is 0 Å². The van der Waals surface area contributed by atoms with Gasteiger partial charge in [0.1, 0.15) is 5.82 Å². The van der Waals surface area contributed by atoms with Gasteiger partial charge in [-0.3, -0.25) is 4.79 Å². The van der Waals surface area contributed by atoms with Crippen LogP contribution in [0.3, 0.4) is 0 Å². The number of carbonyl (C=O) groups is 1. The monoisotopic (exact) mass is 286 g/mol. The highest BCUT2D eigenvalue weighted by Crippen LogP contribution is 2.15. The van der Waals surface area contributed by atoms with Crippen LogP contribution >= 0.6 is 0 Å². The zero-order valence-electron chi connectivity index (χ0n) is 12.3. The molecular formula is C16H22N4O. The summed E-state index contributed by atoms with van der Waals surface area (Å²) in [5, 5.41) is 7.10. The normalized spacial score (nSPS) is 12.1. The number of rotatable bonds is 7. The number of nitrogens with zero attached hydrogens (tertiary/aromatic N) is 2. The van der Waals surface area contributed by atoms with Crippen molar-refractivity contribution in [3.8, 4) is 0 Å². The van der Waals surface area contributed by atoms with Crippen LogP contribution in [0.4, 0.5) is 5.82 Å². The maximum absolute atomic E-state index is 12.1. The van der Waals surface area contributed by atoms with E-state index in [1.165, 1.54) is 0 Å². The fourth-order valence-corrected chi connectivity index (χ4v) is 2.14. The molecular weight excluding hydrogens is 264 g/mol. The Morgan fingerprint density at radius 2 is 2.10 bits per heavy atom. The van der Waals surface area contributed by atoms with E-state index in [4.69, 9.17) is 5.73 Å². The van der Waals surface area contributed by atoms with Crippen LogP contribution in [-0.4, -0.2) is 15.7 Å². The van der Waals surface area contributed by atoms with E-state index in [1.807, 2.05) is 41.1 Å². The van der Waals surface area contributed by atoms with Crippen molar-refractivity contribution in [2.45, 2.75) is 38.8 Å². The molecule has 0 saturated carbocycles. The lowest BCUT2D eigenvalue weighted by Gasteiger charge is -2.13. The summed E-state index contributed by atoms with van der Waals surface area (Å²) in [5.74, 6) is 0.637. The molecule has 2 aromatic rings. The van der Waals surface area contributed by atoms with Crippen LogP contribution in [0.15, 0.2) is 42.6 Å². The van der Waals surface area contributed by atoms with Gasteiger partial charge in [0.2, 0.25) is 5.91 Å². The van der Waals surface area contributed by atoms with Gasteiger partial charge in [-0.15, -0.1) is 0 Å². The standard InChI is InChI=1S/C16H22N4O/c1-2-3-11-20-15(9-10-18-20)19-16(21)12-14(17)13-7-5-4-6-8-13/h4-10,14H,2-3,11-12,17H2,1H3,(H,19,21). The molecule has 1 amide bonds. The van der Waals surface area contributed by atoms with E-state index < -0.39 is 0 Å². The van der Waals surface area contributed by atoms with Crippen molar-refractivity contribution in [1.29, 1.82) is 0 Å². The second-order valence-corrected chi connectivity index (χ2v) is 5.06. The highest BCUT2D eigenvalue weighted by Gasteiger charge is 2.13. The Balaban J connectivity index is 1.91. The summed E-state index contributed by atoms with van der Waals surface area (Å²) in [7, 11) is 0. The Morgan fingerprint density at radius 3 is 2.81 bits per heavy atom. The Kier molecular flexibility index (Phi) is 5.51. The lowest BCUT2D eigenvalue weighted by molar-refractivity contribution is -0.116. The molecule has 1 unspecified atom stereocenters. The van der Waals surface area contributed by atoms with Crippen LogP contribution in [-0.2, 0) is 11.3 Å². The lowest BCUT2D eigenvalue weighted by atomic mass is 10.0. The first-order valence-corrected chi connectivity index (χ1v) is 7.33. The van der Waals surface area contributed by atoms with Gasteiger partial charge in [-0.25, -0.2) is 4.68 Å². The number of nitrogens with one attached hydrogen (secondary N) is 1. The van der Waals surface area contributed by atoms with E-state index in [2.05, 4.69) is 17.3 Å². The lowest BCUT2D eigenvalue weighted by Crippen LogP contribution is -2.22. The van der Waals surface area contributed by atoms with Gasteiger partial charge in [0.25, 0.3) is 0 Å². The number of amides is 1. The number of nitrogens with two attached hydrogens (primary N) is 1. The summed E-state index contributed by atoms with van der Waals surface area (Å²) in [6.45, 7) is 2.94. The third-order valence-corrected chi connectivity index (χ3v) is 3.34. The summed E-state index contributed by atoms with van der Waals surface area (Å²) in [6.07, 6.45) is 4.07. The molecule has 0 aliphatic rings. The van der Waals surface area contributed by atoms with Crippen LogP contribution in [0, 0.1) is 0 Å². The minimum absolute atomic E-state index is 0.0930. The number of hydrogen-bond donors (Lipinski definition) is 2. The molecule has 1 heterocycles. The summed E-state index contributed by atoms with van der Waals surface area (Å²) < 4.78 is 1.81. The number of carbonyl (C=O) groups excluding carboxylic acids is 1. The molecule has 3 N–H and O–H groups in total. The van der Waals surface area contributed by atoms with Crippen LogP contribution in [0.5, 0.6) is 0 Å². The number of hydrogen-bond acceptors (Lipinski definition) is 3. The molecule has 0 fully saturated rings. The maximum atomic E-state index is 12.1. The maximum Gasteiger partial charge on any atom is 0.227 e. The Morgan fingerprint density at radius 1 is 1.33 bits per heavy atom. The van der Waals surface area contributed by atoms with Crippen LogP contribution in [0.1, 0.15) is 37.8 Å². The molecule has 1 atom stereocenters. The molecule has 0 radical (unpaired) electrons. The van der Waals surface area contributed by atoms with Crippen molar-refractivity contribution in [1.82, 2.24) is 9.78 Å².